The molecule has 0 amide bonds. The van der Waals surface area contributed by atoms with Crippen molar-refractivity contribution in [1.29, 1.82) is 0 Å². The number of sulfone groups is 1. The minimum atomic E-state index is -3.86. The molecular weight excluding hydrogens is 813 g/mol. The zero-order chi connectivity index (χ0) is 44.0. The van der Waals surface area contributed by atoms with Crippen molar-refractivity contribution in [2.45, 2.75) is 61.2 Å². The molecule has 2 aliphatic carbocycles. The molecule has 0 radical (unpaired) electrons. The van der Waals surface area contributed by atoms with Crippen LogP contribution in [0.15, 0.2) is 204 Å². The summed E-state index contributed by atoms with van der Waals surface area (Å²) < 4.78 is 33.0. The van der Waals surface area contributed by atoms with Crippen molar-refractivity contribution in [3.63, 3.8) is 0 Å². The Balaban J connectivity index is 0.976. The van der Waals surface area contributed by atoms with Gasteiger partial charge in [-0.2, -0.15) is 0 Å². The fraction of sp³-hybridized carbons (Fsp3) is 0.200. The quantitative estimate of drug-likeness (QED) is 0.153. The van der Waals surface area contributed by atoms with Crippen LogP contribution < -0.4 is 4.90 Å². The van der Waals surface area contributed by atoms with E-state index < -0.39 is 9.84 Å². The standard InChI is InChI=1S/C60H52N2O2S/c1-39(2)35-46-37-45-36-40(3)60(46)54-34-33-50(38-58(54)65(63,64)57-20-12-9-17-53(57)59(45)60)61(47-27-21-42(22-28-47)41-13-5-4-6-14-41)48-29-23-43(24-30-48)44-25-31-49(32-26-44)62-55-18-10-7-15-51(55)52-16-8-11-19-56(52)62/h4-34,38-40,45-46,59H,35-37H2,1-3H3/t40-,45?,46+,59-,60?/m0/s1. The van der Waals surface area contributed by atoms with Crippen LogP contribution in [-0.4, -0.2) is 13.0 Å². The average molecular weight is 865 g/mol. The van der Waals surface area contributed by atoms with Crippen LogP contribution in [0, 0.1) is 23.7 Å². The Kier molecular flexibility index (Phi) is 9.33. The molecule has 3 aliphatic rings. The molecule has 320 valence electrons. The Morgan fingerprint density at radius 3 is 1.71 bits per heavy atom. The van der Waals surface area contributed by atoms with Crippen molar-refractivity contribution in [2.24, 2.45) is 23.7 Å². The van der Waals surface area contributed by atoms with Gasteiger partial charge in [-0.1, -0.05) is 148 Å². The smallest absolute Gasteiger partial charge is 0.207 e. The van der Waals surface area contributed by atoms with E-state index in [0.717, 1.165) is 75.4 Å². The van der Waals surface area contributed by atoms with Crippen LogP contribution in [0.1, 0.15) is 57.1 Å². The van der Waals surface area contributed by atoms with E-state index in [-0.39, 0.29) is 11.3 Å². The van der Waals surface area contributed by atoms with Gasteiger partial charge in [-0.15, -0.1) is 0 Å². The molecule has 0 N–H and O–H groups in total. The van der Waals surface area contributed by atoms with Gasteiger partial charge in [0.25, 0.3) is 0 Å². The summed E-state index contributed by atoms with van der Waals surface area (Å²) in [6, 6.07) is 68.3. The van der Waals surface area contributed by atoms with Gasteiger partial charge in [0.1, 0.15) is 0 Å². The summed E-state index contributed by atoms with van der Waals surface area (Å²) in [5.74, 6) is 1.96. The zero-order valence-corrected chi connectivity index (χ0v) is 37.9. The number of anilines is 3. The summed E-state index contributed by atoms with van der Waals surface area (Å²) in [5, 5.41) is 2.50. The van der Waals surface area contributed by atoms with Crippen molar-refractivity contribution in [3.05, 3.63) is 205 Å². The molecule has 5 atom stereocenters. The Hall–Kier alpha value is -6.69. The molecule has 2 unspecified atom stereocenters. The van der Waals surface area contributed by atoms with Crippen molar-refractivity contribution >= 4 is 48.7 Å². The molecule has 1 aliphatic heterocycles. The lowest BCUT2D eigenvalue weighted by Crippen LogP contribution is -2.40. The van der Waals surface area contributed by atoms with Gasteiger partial charge >= 0.3 is 0 Å². The van der Waals surface area contributed by atoms with Gasteiger partial charge in [0.15, 0.2) is 0 Å². The molecule has 2 saturated carbocycles. The van der Waals surface area contributed by atoms with E-state index in [1.165, 1.54) is 21.8 Å². The first kappa shape index (κ1) is 39.9. The van der Waals surface area contributed by atoms with Gasteiger partial charge in [-0.25, -0.2) is 8.42 Å². The highest BCUT2D eigenvalue weighted by Gasteiger charge is 2.66. The fourth-order valence-electron chi connectivity index (χ4n) is 13.0. The number of benzene rings is 8. The number of para-hydroxylation sites is 2. The van der Waals surface area contributed by atoms with E-state index in [9.17, 15) is 0 Å². The summed E-state index contributed by atoms with van der Waals surface area (Å²) in [5.41, 5.74) is 12.6. The van der Waals surface area contributed by atoms with Crippen molar-refractivity contribution in [2.75, 3.05) is 4.90 Å². The number of rotatable bonds is 8. The molecule has 2 bridgehead atoms. The van der Waals surface area contributed by atoms with E-state index in [1.807, 2.05) is 30.3 Å². The number of hydrogen-bond donors (Lipinski definition) is 0. The van der Waals surface area contributed by atoms with Gasteiger partial charge in [0.2, 0.25) is 9.84 Å². The van der Waals surface area contributed by atoms with Crippen LogP contribution >= 0.6 is 0 Å². The normalized spacial score (nSPS) is 21.5. The fourth-order valence-corrected chi connectivity index (χ4v) is 14.8. The predicted molar refractivity (Wildman–Crippen MR) is 267 cm³/mol. The van der Waals surface area contributed by atoms with Gasteiger partial charge in [0, 0.05) is 38.9 Å². The number of aromatic nitrogens is 1. The highest BCUT2D eigenvalue weighted by molar-refractivity contribution is 7.91. The first-order valence-corrected chi connectivity index (χ1v) is 24.8. The van der Waals surface area contributed by atoms with Crippen LogP contribution in [0.25, 0.3) is 49.7 Å². The van der Waals surface area contributed by atoms with E-state index in [1.54, 1.807) is 0 Å². The van der Waals surface area contributed by atoms with E-state index in [0.29, 0.717) is 33.5 Å². The van der Waals surface area contributed by atoms with Crippen LogP contribution in [0.4, 0.5) is 17.1 Å². The third kappa shape index (κ3) is 6.12. The summed E-state index contributed by atoms with van der Waals surface area (Å²) in [4.78, 5) is 3.19. The summed E-state index contributed by atoms with van der Waals surface area (Å²) >= 11 is 0. The summed E-state index contributed by atoms with van der Waals surface area (Å²) in [7, 11) is -3.86. The third-order valence-electron chi connectivity index (χ3n) is 15.4. The van der Waals surface area contributed by atoms with Gasteiger partial charge in [-0.3, -0.25) is 0 Å². The second-order valence-corrected chi connectivity index (χ2v) is 21.2. The van der Waals surface area contributed by atoms with Gasteiger partial charge < -0.3 is 9.47 Å². The molecule has 1 aromatic heterocycles. The number of nitrogens with zero attached hydrogens (tertiary/aromatic N) is 2. The summed E-state index contributed by atoms with van der Waals surface area (Å²) in [6.45, 7) is 7.04. The molecule has 4 nitrogen and oxygen atoms in total. The van der Waals surface area contributed by atoms with Crippen LogP contribution in [0.2, 0.25) is 0 Å². The maximum absolute atomic E-state index is 15.3. The molecule has 12 rings (SSSR count). The Morgan fingerprint density at radius 2 is 1.09 bits per heavy atom. The third-order valence-corrected chi connectivity index (χ3v) is 17.3. The van der Waals surface area contributed by atoms with Crippen LogP contribution in [0.3, 0.4) is 0 Å². The van der Waals surface area contributed by atoms with Crippen molar-refractivity contribution in [3.8, 4) is 27.9 Å². The monoisotopic (exact) mass is 864 g/mol. The van der Waals surface area contributed by atoms with E-state index >= 15 is 8.42 Å². The van der Waals surface area contributed by atoms with Gasteiger partial charge in [-0.05, 0) is 149 Å². The van der Waals surface area contributed by atoms with Crippen LogP contribution in [0.5, 0.6) is 0 Å². The number of hydrogen-bond acceptors (Lipinski definition) is 3. The van der Waals surface area contributed by atoms with Crippen molar-refractivity contribution < 1.29 is 8.42 Å². The molecule has 9 aromatic rings. The Morgan fingerprint density at radius 1 is 0.569 bits per heavy atom. The maximum atomic E-state index is 15.3. The predicted octanol–water partition coefficient (Wildman–Crippen LogP) is 15.5. The second-order valence-electron chi connectivity index (χ2n) is 19.3. The highest BCUT2D eigenvalue weighted by atomic mass is 32.2. The maximum Gasteiger partial charge on any atom is 0.207 e. The lowest BCUT2D eigenvalue weighted by molar-refractivity contribution is 0.168. The first-order valence-electron chi connectivity index (χ1n) is 23.3. The molecule has 2 heterocycles. The molecule has 0 spiro atoms. The first-order chi connectivity index (χ1) is 31.7. The molecule has 8 aromatic carbocycles. The SMILES string of the molecule is CC(C)C[C@@H]1CC2C[C@H](C)C13c1ccc(N(c4ccc(-c5ccccc5)cc4)c4ccc(-c5ccc(-n6c7ccccc7c7ccccc76)cc5)cc4)cc1S(=O)(=O)c1ccccc1[C@H]23. The van der Waals surface area contributed by atoms with Crippen molar-refractivity contribution in [1.82, 2.24) is 4.57 Å². The molecule has 5 heteroatoms. The van der Waals surface area contributed by atoms with E-state index in [4.69, 9.17) is 0 Å². The topological polar surface area (TPSA) is 42.3 Å². The van der Waals surface area contributed by atoms with Gasteiger partial charge in [0.05, 0.1) is 20.8 Å². The average Bonchev–Trinajstić information content (AvgIpc) is 3.93. The van der Waals surface area contributed by atoms with E-state index in [2.05, 4.69) is 194 Å². The second kappa shape index (κ2) is 15.2. The summed E-state index contributed by atoms with van der Waals surface area (Å²) in [6.07, 6.45) is 3.37. The largest absolute Gasteiger partial charge is 0.310 e. The molecule has 2 fully saturated rings. The van der Waals surface area contributed by atoms with Crippen LogP contribution in [-0.2, 0) is 15.3 Å². The minimum absolute atomic E-state index is 0.185. The zero-order valence-electron chi connectivity index (χ0n) is 37.1. The lowest BCUT2D eigenvalue weighted by Gasteiger charge is -2.44. The molecule has 0 saturated heterocycles. The lowest BCUT2D eigenvalue weighted by atomic mass is 9.59. The molecular formula is C60H52N2O2S. The Bertz CT molecular complexity index is 3320. The molecule has 65 heavy (non-hydrogen) atoms. The number of fused-ring (bicyclic) bond motifs is 5. The minimum Gasteiger partial charge on any atom is -0.310 e. The Labute approximate surface area is 382 Å². The highest BCUT2D eigenvalue weighted by Crippen LogP contribution is 2.72.